The monoisotopic (exact) mass is 543 g/mol. The maximum Gasteiger partial charge on any atom is 0.260 e. The zero-order valence-corrected chi connectivity index (χ0v) is 22.3. The fourth-order valence-corrected chi connectivity index (χ4v) is 5.54. The molecular weight excluding hydrogens is 513 g/mol. The van der Waals surface area contributed by atoms with E-state index in [9.17, 15) is 4.79 Å². The molecule has 4 aromatic heterocycles. The van der Waals surface area contributed by atoms with Crippen LogP contribution in [-0.4, -0.2) is 60.4 Å². The highest BCUT2D eigenvalue weighted by atomic mass is 19.1. The van der Waals surface area contributed by atoms with Crippen LogP contribution in [0.4, 0.5) is 15.8 Å². The number of rotatable bonds is 7. The van der Waals surface area contributed by atoms with Crippen LogP contribution in [0.2, 0.25) is 0 Å². The van der Waals surface area contributed by atoms with Gasteiger partial charge in [0.05, 0.1) is 29.5 Å². The minimum absolute atomic E-state index is 0.0937. The van der Waals surface area contributed by atoms with Crippen molar-refractivity contribution >= 4 is 33.8 Å². The molecule has 2 aliphatic rings. The fourth-order valence-electron chi connectivity index (χ4n) is 5.54. The number of anilines is 2. The number of fused-ring (bicyclic) bond motifs is 2. The van der Waals surface area contributed by atoms with Crippen molar-refractivity contribution in [2.75, 3.05) is 23.3 Å². The van der Waals surface area contributed by atoms with Gasteiger partial charge < -0.3 is 24.7 Å². The van der Waals surface area contributed by atoms with Crippen molar-refractivity contribution in [1.29, 1.82) is 0 Å². The fraction of sp³-hybridized carbons (Fsp3) is 0.357. The summed E-state index contributed by atoms with van der Waals surface area (Å²) in [5.74, 6) is -0.280. The first kappa shape index (κ1) is 24.6. The van der Waals surface area contributed by atoms with Gasteiger partial charge in [-0.25, -0.2) is 9.37 Å². The molecule has 12 heteroatoms. The van der Waals surface area contributed by atoms with Gasteiger partial charge >= 0.3 is 0 Å². The number of hydrogen-bond donors (Lipinski definition) is 3. The number of aryl methyl sites for hydroxylation is 2. The molecule has 2 fully saturated rings. The van der Waals surface area contributed by atoms with Crippen molar-refractivity contribution in [2.24, 2.45) is 7.05 Å². The molecule has 1 saturated carbocycles. The summed E-state index contributed by atoms with van der Waals surface area (Å²) in [6.07, 6.45) is 13.1. The Labute approximate surface area is 229 Å². The number of halogens is 1. The molecule has 40 heavy (non-hydrogen) atoms. The van der Waals surface area contributed by atoms with E-state index in [4.69, 9.17) is 4.74 Å². The van der Waals surface area contributed by atoms with E-state index in [1.165, 1.54) is 18.9 Å². The van der Waals surface area contributed by atoms with E-state index in [0.717, 1.165) is 42.7 Å². The summed E-state index contributed by atoms with van der Waals surface area (Å²) in [5.41, 5.74) is 2.80. The average Bonchev–Trinajstić information content (AvgIpc) is 3.25. The molecule has 1 aromatic carbocycles. The lowest BCUT2D eigenvalue weighted by molar-refractivity contribution is 0.102. The van der Waals surface area contributed by atoms with Gasteiger partial charge in [0.2, 0.25) is 0 Å². The Hall–Kier alpha value is -4.45. The lowest BCUT2D eigenvalue weighted by Crippen LogP contribution is -2.43. The van der Waals surface area contributed by atoms with Gasteiger partial charge in [0.15, 0.2) is 17.1 Å². The molecule has 5 heterocycles. The average molecular weight is 544 g/mol. The van der Waals surface area contributed by atoms with E-state index in [2.05, 4.69) is 35.8 Å². The first-order chi connectivity index (χ1) is 19.4. The largest absolute Gasteiger partial charge is 0.450 e. The van der Waals surface area contributed by atoms with E-state index in [-0.39, 0.29) is 5.56 Å². The number of H-pyrrole nitrogens is 1. The molecule has 0 radical (unpaired) electrons. The Kier molecular flexibility index (Phi) is 5.92. The van der Waals surface area contributed by atoms with Gasteiger partial charge in [-0.3, -0.25) is 14.6 Å². The van der Waals surface area contributed by atoms with E-state index in [0.29, 0.717) is 40.4 Å². The molecule has 5 aromatic rings. The summed E-state index contributed by atoms with van der Waals surface area (Å²) in [6, 6.07) is 4.31. The molecule has 1 aliphatic heterocycles. The Balaban J connectivity index is 1.19. The second kappa shape index (κ2) is 9.63. The summed E-state index contributed by atoms with van der Waals surface area (Å²) in [4.78, 5) is 20.3. The van der Waals surface area contributed by atoms with Crippen LogP contribution < -0.4 is 20.3 Å². The number of hydrogen-bond acceptors (Lipinski definition) is 7. The van der Waals surface area contributed by atoms with Crippen molar-refractivity contribution < 1.29 is 13.9 Å². The predicted molar refractivity (Wildman–Crippen MR) is 149 cm³/mol. The molecule has 0 unspecified atom stereocenters. The number of piperidine rings is 1. The summed E-state index contributed by atoms with van der Waals surface area (Å²) in [5, 5.41) is 18.4. The van der Waals surface area contributed by atoms with Crippen molar-refractivity contribution in [3.8, 4) is 11.5 Å². The summed E-state index contributed by atoms with van der Waals surface area (Å²) < 4.78 is 25.1. The van der Waals surface area contributed by atoms with E-state index >= 15 is 4.39 Å². The standard InChI is InChI=1S/C28H30FN9O2/c1-16-13-38-14-19(9-24(27(38)32-16)40-20-11-30-31-12-20)34-28(39)25-22(29)10-23(21-15-36(2)35-26(21)25)37-7-5-18(6-8-37)33-17-3-4-17/h9-15,17-18,33H,3-8H2,1-2H3,(H,30,31)(H,34,39). The molecular formula is C28H30FN9O2. The molecule has 1 saturated heterocycles. The highest BCUT2D eigenvalue weighted by molar-refractivity contribution is 6.14. The Morgan fingerprint density at radius 3 is 2.67 bits per heavy atom. The minimum atomic E-state index is -0.605. The van der Waals surface area contributed by atoms with Crippen LogP contribution in [0.3, 0.4) is 0 Å². The summed E-state index contributed by atoms with van der Waals surface area (Å²) in [6.45, 7) is 3.51. The smallest absolute Gasteiger partial charge is 0.260 e. The second-order valence-corrected chi connectivity index (χ2v) is 10.7. The number of imidazole rings is 1. The third kappa shape index (κ3) is 4.64. The van der Waals surface area contributed by atoms with E-state index in [1.54, 1.807) is 40.8 Å². The zero-order valence-electron chi connectivity index (χ0n) is 22.3. The van der Waals surface area contributed by atoms with Crippen LogP contribution in [0, 0.1) is 12.7 Å². The molecule has 1 amide bonds. The van der Waals surface area contributed by atoms with Gasteiger partial charge in [0.1, 0.15) is 16.9 Å². The molecule has 1 aliphatic carbocycles. The van der Waals surface area contributed by atoms with Crippen molar-refractivity contribution in [2.45, 2.75) is 44.7 Å². The van der Waals surface area contributed by atoms with Gasteiger partial charge in [-0.2, -0.15) is 10.2 Å². The number of carbonyl (C=O) groups excluding carboxylic acids is 1. The molecule has 206 valence electrons. The van der Waals surface area contributed by atoms with Crippen LogP contribution in [0.5, 0.6) is 11.5 Å². The number of aromatic amines is 1. The first-order valence-corrected chi connectivity index (χ1v) is 13.6. The molecule has 0 atom stereocenters. The van der Waals surface area contributed by atoms with Crippen molar-refractivity contribution in [1.82, 2.24) is 34.7 Å². The number of benzene rings is 1. The van der Waals surface area contributed by atoms with Gasteiger partial charge in [-0.15, -0.1) is 0 Å². The molecule has 7 rings (SSSR count). The van der Waals surface area contributed by atoms with Crippen LogP contribution in [-0.2, 0) is 7.05 Å². The molecule has 0 bridgehead atoms. The maximum atomic E-state index is 15.7. The van der Waals surface area contributed by atoms with Crippen molar-refractivity contribution in [3.05, 3.63) is 60.2 Å². The number of aromatic nitrogens is 6. The van der Waals surface area contributed by atoms with Crippen LogP contribution >= 0.6 is 0 Å². The Morgan fingerprint density at radius 1 is 1.12 bits per heavy atom. The highest BCUT2D eigenvalue weighted by Gasteiger charge is 2.29. The Bertz CT molecular complexity index is 1710. The first-order valence-electron chi connectivity index (χ1n) is 13.6. The zero-order chi connectivity index (χ0) is 27.4. The third-order valence-corrected chi connectivity index (χ3v) is 7.55. The minimum Gasteiger partial charge on any atom is -0.450 e. The van der Waals surface area contributed by atoms with Crippen molar-refractivity contribution in [3.63, 3.8) is 0 Å². The van der Waals surface area contributed by atoms with Crippen LogP contribution in [0.1, 0.15) is 41.7 Å². The van der Waals surface area contributed by atoms with E-state index in [1.807, 2.05) is 19.3 Å². The number of ether oxygens (including phenoxy) is 1. The van der Waals surface area contributed by atoms with Gasteiger partial charge in [-0.05, 0) is 38.7 Å². The number of nitrogens with zero attached hydrogens (tertiary/aromatic N) is 6. The third-order valence-electron chi connectivity index (χ3n) is 7.55. The topological polar surface area (TPSA) is 117 Å². The number of amides is 1. The van der Waals surface area contributed by atoms with Gasteiger partial charge in [0, 0.05) is 62.3 Å². The lowest BCUT2D eigenvalue weighted by atomic mass is 10.0. The number of carbonyl (C=O) groups is 1. The molecule has 0 spiro atoms. The van der Waals surface area contributed by atoms with Crippen LogP contribution in [0.15, 0.2) is 43.1 Å². The van der Waals surface area contributed by atoms with Gasteiger partial charge in [-0.1, -0.05) is 0 Å². The van der Waals surface area contributed by atoms with Gasteiger partial charge in [0.25, 0.3) is 5.91 Å². The molecule has 11 nitrogen and oxygen atoms in total. The maximum absolute atomic E-state index is 15.7. The quantitative estimate of drug-likeness (QED) is 0.282. The number of nitrogens with one attached hydrogen (secondary N) is 3. The summed E-state index contributed by atoms with van der Waals surface area (Å²) >= 11 is 0. The second-order valence-electron chi connectivity index (χ2n) is 10.7. The van der Waals surface area contributed by atoms with Crippen LogP contribution in [0.25, 0.3) is 16.6 Å². The number of pyridine rings is 1. The SMILES string of the molecule is Cc1cn2cc(NC(=O)c3c(F)cc(N4CCC(NC5CC5)CC4)c4cn(C)nc34)cc(Oc3cn[nH]c3)c2n1. The lowest BCUT2D eigenvalue weighted by Gasteiger charge is -2.34. The summed E-state index contributed by atoms with van der Waals surface area (Å²) in [7, 11) is 1.78. The molecule has 3 N–H and O–H groups in total. The predicted octanol–water partition coefficient (Wildman–Crippen LogP) is 4.16. The normalized spacial score (nSPS) is 16.2. The Morgan fingerprint density at radius 2 is 1.93 bits per heavy atom. The van der Waals surface area contributed by atoms with E-state index < -0.39 is 11.7 Å². The highest BCUT2D eigenvalue weighted by Crippen LogP contribution is 2.34.